The number of carboxylic acid groups (broad SMARTS) is 1. The van der Waals surface area contributed by atoms with Gasteiger partial charge >= 0.3 is 5.97 Å². The molecule has 0 spiro atoms. The number of carbonyl (C=O) groups is 2. The van der Waals surface area contributed by atoms with Crippen molar-refractivity contribution < 1.29 is 14.7 Å². The monoisotopic (exact) mass is 225 g/mol. The topological polar surface area (TPSA) is 57.6 Å². The van der Waals surface area contributed by atoms with Gasteiger partial charge in [-0.2, -0.15) is 0 Å². The molecule has 2 atom stereocenters. The van der Waals surface area contributed by atoms with E-state index in [1.807, 2.05) is 0 Å². The predicted octanol–water partition coefficient (Wildman–Crippen LogP) is 1.66. The van der Waals surface area contributed by atoms with E-state index in [0.29, 0.717) is 5.92 Å². The van der Waals surface area contributed by atoms with Crippen LogP contribution in [-0.4, -0.2) is 35.0 Å². The largest absolute Gasteiger partial charge is 0.478 e. The van der Waals surface area contributed by atoms with E-state index in [2.05, 4.69) is 6.92 Å². The van der Waals surface area contributed by atoms with Gasteiger partial charge in [0.2, 0.25) is 5.91 Å². The average molecular weight is 225 g/mol. The third-order valence-electron chi connectivity index (χ3n) is 3.17. The van der Waals surface area contributed by atoms with Crippen molar-refractivity contribution in [1.29, 1.82) is 0 Å². The molecule has 4 heteroatoms. The summed E-state index contributed by atoms with van der Waals surface area (Å²) >= 11 is 0. The fourth-order valence-electron chi connectivity index (χ4n) is 2.19. The maximum Gasteiger partial charge on any atom is 0.328 e. The van der Waals surface area contributed by atoms with Crippen LogP contribution in [-0.2, 0) is 9.59 Å². The van der Waals surface area contributed by atoms with Crippen LogP contribution in [0.25, 0.3) is 0 Å². The van der Waals surface area contributed by atoms with Crippen LogP contribution in [0.5, 0.6) is 0 Å². The molecule has 1 saturated carbocycles. The summed E-state index contributed by atoms with van der Waals surface area (Å²) in [5.74, 6) is -0.655. The minimum absolute atomic E-state index is 0.221. The lowest BCUT2D eigenvalue weighted by Crippen LogP contribution is -2.39. The Labute approximate surface area is 95.9 Å². The standard InChI is InChI=1S/C12H19NO3/c1-9-4-3-5-10(8-9)13(2)11(14)6-7-12(15)16/h6-7,9-10H,3-5,8H2,1-2H3,(H,15,16). The second kappa shape index (κ2) is 5.68. The normalized spacial score (nSPS) is 25.6. The number of rotatable bonds is 3. The van der Waals surface area contributed by atoms with Gasteiger partial charge in [-0.25, -0.2) is 4.79 Å². The Hall–Kier alpha value is -1.32. The van der Waals surface area contributed by atoms with Crippen LogP contribution in [0, 0.1) is 5.92 Å². The summed E-state index contributed by atoms with van der Waals surface area (Å²) in [5.41, 5.74) is 0. The summed E-state index contributed by atoms with van der Waals surface area (Å²) in [6.07, 6.45) is 6.43. The summed E-state index contributed by atoms with van der Waals surface area (Å²) in [6, 6.07) is 0.259. The van der Waals surface area contributed by atoms with E-state index < -0.39 is 5.97 Å². The fourth-order valence-corrected chi connectivity index (χ4v) is 2.19. The molecular formula is C12H19NO3. The van der Waals surface area contributed by atoms with E-state index in [1.54, 1.807) is 11.9 Å². The van der Waals surface area contributed by atoms with Crippen LogP contribution in [0.15, 0.2) is 12.2 Å². The van der Waals surface area contributed by atoms with Crippen molar-refractivity contribution in [2.45, 2.75) is 38.6 Å². The van der Waals surface area contributed by atoms with E-state index in [9.17, 15) is 9.59 Å². The van der Waals surface area contributed by atoms with Crippen LogP contribution in [0.3, 0.4) is 0 Å². The van der Waals surface area contributed by atoms with Crippen LogP contribution >= 0.6 is 0 Å². The zero-order valence-corrected chi connectivity index (χ0v) is 9.85. The summed E-state index contributed by atoms with van der Waals surface area (Å²) in [6.45, 7) is 2.19. The lowest BCUT2D eigenvalue weighted by molar-refractivity contribution is -0.132. The van der Waals surface area contributed by atoms with Gasteiger partial charge in [0.1, 0.15) is 0 Å². The van der Waals surface area contributed by atoms with Gasteiger partial charge in [-0.1, -0.05) is 19.8 Å². The SMILES string of the molecule is CC1CCCC(N(C)C(=O)C=CC(=O)O)C1. The maximum atomic E-state index is 11.6. The van der Waals surface area contributed by atoms with Crippen molar-refractivity contribution >= 4 is 11.9 Å². The van der Waals surface area contributed by atoms with Crippen molar-refractivity contribution in [3.05, 3.63) is 12.2 Å². The lowest BCUT2D eigenvalue weighted by Gasteiger charge is -2.33. The summed E-state index contributed by atoms with van der Waals surface area (Å²) in [5, 5.41) is 8.44. The van der Waals surface area contributed by atoms with Gasteiger partial charge in [0, 0.05) is 25.2 Å². The van der Waals surface area contributed by atoms with E-state index in [0.717, 1.165) is 31.4 Å². The average Bonchev–Trinajstić information content (AvgIpc) is 2.24. The van der Waals surface area contributed by atoms with Gasteiger partial charge in [0.25, 0.3) is 0 Å². The van der Waals surface area contributed by atoms with Gasteiger partial charge in [0.05, 0.1) is 0 Å². The van der Waals surface area contributed by atoms with Crippen LogP contribution in [0.1, 0.15) is 32.6 Å². The highest BCUT2D eigenvalue weighted by atomic mass is 16.4. The predicted molar refractivity (Wildman–Crippen MR) is 61.0 cm³/mol. The number of nitrogens with zero attached hydrogens (tertiary/aromatic N) is 1. The van der Waals surface area contributed by atoms with E-state index in [4.69, 9.17) is 5.11 Å². The first-order valence-electron chi connectivity index (χ1n) is 5.68. The van der Waals surface area contributed by atoms with Gasteiger partial charge in [-0.15, -0.1) is 0 Å². The van der Waals surface area contributed by atoms with Gasteiger partial charge in [-0.05, 0) is 18.8 Å². The molecular weight excluding hydrogens is 206 g/mol. The lowest BCUT2D eigenvalue weighted by atomic mass is 9.86. The number of carboxylic acids is 1. The third kappa shape index (κ3) is 3.68. The van der Waals surface area contributed by atoms with E-state index in [1.165, 1.54) is 6.42 Å². The van der Waals surface area contributed by atoms with Crippen molar-refractivity contribution in [3.63, 3.8) is 0 Å². The Morgan fingerprint density at radius 3 is 2.56 bits per heavy atom. The molecule has 0 heterocycles. The molecule has 0 radical (unpaired) electrons. The van der Waals surface area contributed by atoms with E-state index in [-0.39, 0.29) is 11.9 Å². The second-order valence-corrected chi connectivity index (χ2v) is 4.55. The van der Waals surface area contributed by atoms with Crippen molar-refractivity contribution in [2.24, 2.45) is 5.92 Å². The molecule has 4 nitrogen and oxygen atoms in total. The van der Waals surface area contributed by atoms with E-state index >= 15 is 0 Å². The smallest absolute Gasteiger partial charge is 0.328 e. The molecule has 0 bridgehead atoms. The number of amides is 1. The molecule has 0 aromatic heterocycles. The summed E-state index contributed by atoms with van der Waals surface area (Å²) in [7, 11) is 1.75. The zero-order valence-electron chi connectivity index (χ0n) is 9.85. The first kappa shape index (κ1) is 12.7. The Morgan fingerprint density at radius 2 is 2.00 bits per heavy atom. The van der Waals surface area contributed by atoms with Crippen LogP contribution in [0.4, 0.5) is 0 Å². The number of likely N-dealkylation sites (N-methyl/N-ethyl adjacent to an activating group) is 1. The van der Waals surface area contributed by atoms with Crippen molar-refractivity contribution in [3.8, 4) is 0 Å². The first-order valence-corrected chi connectivity index (χ1v) is 5.68. The Morgan fingerprint density at radius 1 is 1.31 bits per heavy atom. The van der Waals surface area contributed by atoms with Crippen molar-refractivity contribution in [1.82, 2.24) is 4.90 Å². The Kier molecular flexibility index (Phi) is 4.52. The Balaban J connectivity index is 2.52. The summed E-state index contributed by atoms with van der Waals surface area (Å²) < 4.78 is 0. The van der Waals surface area contributed by atoms with Crippen LogP contribution in [0.2, 0.25) is 0 Å². The molecule has 1 fully saturated rings. The number of aliphatic carboxylic acids is 1. The number of hydrogen-bond donors (Lipinski definition) is 1. The van der Waals surface area contributed by atoms with Gasteiger partial charge in [-0.3, -0.25) is 4.79 Å². The van der Waals surface area contributed by atoms with Gasteiger partial charge < -0.3 is 10.0 Å². The fraction of sp³-hybridized carbons (Fsp3) is 0.667. The molecule has 90 valence electrons. The van der Waals surface area contributed by atoms with Gasteiger partial charge in [0.15, 0.2) is 0 Å². The molecule has 0 aliphatic heterocycles. The third-order valence-corrected chi connectivity index (χ3v) is 3.17. The number of hydrogen-bond acceptors (Lipinski definition) is 2. The molecule has 1 aliphatic rings. The molecule has 0 aromatic rings. The summed E-state index contributed by atoms with van der Waals surface area (Å²) in [4.78, 5) is 23.6. The highest BCUT2D eigenvalue weighted by molar-refractivity contribution is 5.93. The molecule has 1 N–H and O–H groups in total. The molecule has 1 aliphatic carbocycles. The molecule has 2 unspecified atom stereocenters. The molecule has 16 heavy (non-hydrogen) atoms. The minimum Gasteiger partial charge on any atom is -0.478 e. The minimum atomic E-state index is -1.08. The molecule has 1 amide bonds. The van der Waals surface area contributed by atoms with Crippen molar-refractivity contribution in [2.75, 3.05) is 7.05 Å². The molecule has 1 rings (SSSR count). The molecule has 0 saturated heterocycles. The number of carbonyl (C=O) groups excluding carboxylic acids is 1. The quantitative estimate of drug-likeness (QED) is 0.743. The molecule has 0 aromatic carbocycles. The Bertz CT molecular complexity index is 299. The maximum absolute atomic E-state index is 11.6. The second-order valence-electron chi connectivity index (χ2n) is 4.55. The van der Waals surface area contributed by atoms with Crippen LogP contribution < -0.4 is 0 Å². The first-order chi connectivity index (χ1) is 7.50. The zero-order chi connectivity index (χ0) is 12.1. The highest BCUT2D eigenvalue weighted by Crippen LogP contribution is 2.26. The highest BCUT2D eigenvalue weighted by Gasteiger charge is 2.24.